The van der Waals surface area contributed by atoms with Crippen LogP contribution < -0.4 is 10.6 Å². The molecule has 4 nitrogen and oxygen atoms in total. The van der Waals surface area contributed by atoms with Crippen molar-refractivity contribution in [2.24, 2.45) is 0 Å². The Bertz CT molecular complexity index is 472. The van der Waals surface area contributed by atoms with Gasteiger partial charge in [0.25, 0.3) is 0 Å². The minimum absolute atomic E-state index is 0.739. The highest BCUT2D eigenvalue weighted by Crippen LogP contribution is 2.27. The highest BCUT2D eigenvalue weighted by molar-refractivity contribution is 5.58. The number of nitrogens with zero attached hydrogens (tertiary/aromatic N) is 3. The largest absolute Gasteiger partial charge is 0.398 e. The summed E-state index contributed by atoms with van der Waals surface area (Å²) in [4.78, 5) is 7.62. The van der Waals surface area contributed by atoms with Gasteiger partial charge in [-0.15, -0.1) is 0 Å². The number of hydrogen-bond donors (Lipinski definition) is 1. The predicted molar refractivity (Wildman–Crippen MR) is 88.7 cm³/mol. The summed E-state index contributed by atoms with van der Waals surface area (Å²) < 4.78 is 0. The van der Waals surface area contributed by atoms with Crippen molar-refractivity contribution in [3.05, 3.63) is 23.8 Å². The Morgan fingerprint density at radius 1 is 1.10 bits per heavy atom. The number of piperidine rings is 1. The maximum atomic E-state index is 5.80. The molecule has 1 aromatic rings. The van der Waals surface area contributed by atoms with Gasteiger partial charge in [-0.05, 0) is 44.5 Å². The van der Waals surface area contributed by atoms with Crippen molar-refractivity contribution in [2.45, 2.75) is 25.8 Å². The molecule has 2 N–H and O–H groups in total. The van der Waals surface area contributed by atoms with Crippen LogP contribution in [0.2, 0.25) is 0 Å². The second-order valence-electron chi connectivity index (χ2n) is 6.51. The van der Waals surface area contributed by atoms with Crippen LogP contribution in [0.15, 0.2) is 12.1 Å². The molecule has 115 valence electrons. The summed E-state index contributed by atoms with van der Waals surface area (Å²) in [5.41, 5.74) is 9.12. The molecule has 0 saturated carbocycles. The van der Waals surface area contributed by atoms with E-state index in [1.165, 1.54) is 50.3 Å². The number of piperazine rings is 1. The molecule has 0 unspecified atom stereocenters. The Kier molecular flexibility index (Phi) is 4.36. The van der Waals surface area contributed by atoms with Crippen molar-refractivity contribution in [1.29, 1.82) is 0 Å². The maximum Gasteiger partial charge on any atom is 0.0403 e. The van der Waals surface area contributed by atoms with E-state index in [-0.39, 0.29) is 0 Å². The van der Waals surface area contributed by atoms with Gasteiger partial charge in [0.1, 0.15) is 0 Å². The standard InChI is InChI=1S/C17H27N4/c1-14-13-15(18)3-4-17(14)21-7-5-16(6-8-21)20-11-9-19(2)10-12-20/h4,13,16H,5-12,18H2,1-2H3. The van der Waals surface area contributed by atoms with Crippen LogP contribution in [-0.4, -0.2) is 62.2 Å². The molecule has 4 heteroatoms. The second-order valence-corrected chi connectivity index (χ2v) is 6.51. The van der Waals surface area contributed by atoms with E-state index in [4.69, 9.17) is 5.73 Å². The van der Waals surface area contributed by atoms with Crippen molar-refractivity contribution < 1.29 is 0 Å². The van der Waals surface area contributed by atoms with E-state index in [0.717, 1.165) is 24.8 Å². The number of anilines is 2. The molecule has 2 aliphatic rings. The van der Waals surface area contributed by atoms with Crippen LogP contribution in [0.5, 0.6) is 0 Å². The highest BCUT2D eigenvalue weighted by atomic mass is 15.3. The van der Waals surface area contributed by atoms with Crippen molar-refractivity contribution in [1.82, 2.24) is 9.80 Å². The summed E-state index contributed by atoms with van der Waals surface area (Å²) in [6.45, 7) is 9.33. The molecule has 21 heavy (non-hydrogen) atoms. The predicted octanol–water partition coefficient (Wildman–Crippen LogP) is 1.59. The number of rotatable bonds is 2. The normalized spacial score (nSPS) is 22.7. The van der Waals surface area contributed by atoms with Gasteiger partial charge in [-0.3, -0.25) is 4.90 Å². The number of nitrogen functional groups attached to an aromatic ring is 1. The van der Waals surface area contributed by atoms with Crippen molar-refractivity contribution in [3.8, 4) is 0 Å². The van der Waals surface area contributed by atoms with Gasteiger partial charge in [0, 0.05) is 62.8 Å². The molecule has 0 aromatic heterocycles. The van der Waals surface area contributed by atoms with Crippen LogP contribution in [0.1, 0.15) is 18.4 Å². The molecule has 0 bridgehead atoms. The third kappa shape index (κ3) is 3.33. The SMILES string of the molecule is Cc1cc(N)[c]cc1N1CCC(N2CCN(C)CC2)CC1. The van der Waals surface area contributed by atoms with Gasteiger partial charge >= 0.3 is 0 Å². The first-order valence-electron chi connectivity index (χ1n) is 8.09. The van der Waals surface area contributed by atoms with E-state index >= 15 is 0 Å². The Morgan fingerprint density at radius 3 is 2.38 bits per heavy atom. The van der Waals surface area contributed by atoms with E-state index < -0.39 is 0 Å². The maximum absolute atomic E-state index is 5.80. The molecule has 3 rings (SSSR count). The minimum atomic E-state index is 0.739. The van der Waals surface area contributed by atoms with Crippen LogP contribution >= 0.6 is 0 Å². The summed E-state index contributed by atoms with van der Waals surface area (Å²) in [6, 6.07) is 7.99. The summed E-state index contributed by atoms with van der Waals surface area (Å²) in [5, 5.41) is 0. The van der Waals surface area contributed by atoms with Crippen LogP contribution in [0, 0.1) is 13.0 Å². The van der Waals surface area contributed by atoms with Gasteiger partial charge in [-0.2, -0.15) is 0 Å². The number of likely N-dealkylation sites (N-methyl/N-ethyl adjacent to an activating group) is 1. The average molecular weight is 287 g/mol. The molecule has 2 saturated heterocycles. The van der Waals surface area contributed by atoms with Gasteiger partial charge in [0.05, 0.1) is 0 Å². The second kappa shape index (κ2) is 6.24. The van der Waals surface area contributed by atoms with Crippen LogP contribution in [0.4, 0.5) is 11.4 Å². The van der Waals surface area contributed by atoms with Gasteiger partial charge in [-0.25, -0.2) is 0 Å². The lowest BCUT2D eigenvalue weighted by Crippen LogP contribution is -2.52. The first-order valence-corrected chi connectivity index (χ1v) is 8.09. The molecular formula is C17H27N4. The molecule has 0 spiro atoms. The van der Waals surface area contributed by atoms with Crippen molar-refractivity contribution in [3.63, 3.8) is 0 Å². The number of hydrogen-bond acceptors (Lipinski definition) is 4. The third-order valence-electron chi connectivity index (χ3n) is 5.01. The van der Waals surface area contributed by atoms with Gasteiger partial charge in [0.15, 0.2) is 0 Å². The van der Waals surface area contributed by atoms with Crippen LogP contribution in [0.3, 0.4) is 0 Å². The zero-order valence-electron chi connectivity index (χ0n) is 13.3. The smallest absolute Gasteiger partial charge is 0.0403 e. The summed E-state index contributed by atoms with van der Waals surface area (Å²) in [5.74, 6) is 0. The molecule has 0 atom stereocenters. The first kappa shape index (κ1) is 14.7. The number of aryl methyl sites for hydroxylation is 1. The summed E-state index contributed by atoms with van der Waals surface area (Å²) >= 11 is 0. The fraction of sp³-hybridized carbons (Fsp3) is 0.647. The van der Waals surface area contributed by atoms with Gasteiger partial charge < -0.3 is 15.5 Å². The Hall–Kier alpha value is -1.26. The molecule has 1 radical (unpaired) electrons. The average Bonchev–Trinajstić information content (AvgIpc) is 2.48. The number of nitrogens with two attached hydrogens (primary N) is 1. The van der Waals surface area contributed by atoms with E-state index in [9.17, 15) is 0 Å². The van der Waals surface area contributed by atoms with E-state index in [0.29, 0.717) is 0 Å². The monoisotopic (exact) mass is 287 g/mol. The molecule has 0 amide bonds. The van der Waals surface area contributed by atoms with E-state index in [1.807, 2.05) is 6.07 Å². The topological polar surface area (TPSA) is 35.7 Å². The molecular weight excluding hydrogens is 260 g/mol. The Labute approximate surface area is 128 Å². The highest BCUT2D eigenvalue weighted by Gasteiger charge is 2.27. The molecule has 2 aliphatic heterocycles. The lowest BCUT2D eigenvalue weighted by atomic mass is 10.0. The summed E-state index contributed by atoms with van der Waals surface area (Å²) in [6.07, 6.45) is 2.54. The lowest BCUT2D eigenvalue weighted by molar-refractivity contribution is 0.0982. The minimum Gasteiger partial charge on any atom is -0.398 e. The van der Waals surface area contributed by atoms with Crippen LogP contribution in [0.25, 0.3) is 0 Å². The van der Waals surface area contributed by atoms with Crippen LogP contribution in [-0.2, 0) is 0 Å². The fourth-order valence-electron chi connectivity index (χ4n) is 3.61. The summed E-state index contributed by atoms with van der Waals surface area (Å²) in [7, 11) is 2.22. The Balaban J connectivity index is 1.57. The number of benzene rings is 1. The molecule has 0 aliphatic carbocycles. The Morgan fingerprint density at radius 2 is 1.76 bits per heavy atom. The molecule has 2 fully saturated rings. The van der Waals surface area contributed by atoms with Crippen molar-refractivity contribution >= 4 is 11.4 Å². The quantitative estimate of drug-likeness (QED) is 0.838. The van der Waals surface area contributed by atoms with E-state index in [2.05, 4.69) is 40.8 Å². The fourth-order valence-corrected chi connectivity index (χ4v) is 3.61. The lowest BCUT2D eigenvalue weighted by Gasteiger charge is -2.42. The van der Waals surface area contributed by atoms with Gasteiger partial charge in [0.2, 0.25) is 0 Å². The van der Waals surface area contributed by atoms with Crippen molar-refractivity contribution in [2.75, 3.05) is 56.9 Å². The zero-order valence-corrected chi connectivity index (χ0v) is 13.3. The first-order chi connectivity index (χ1) is 10.1. The third-order valence-corrected chi connectivity index (χ3v) is 5.01. The molecule has 1 aromatic carbocycles. The van der Waals surface area contributed by atoms with E-state index in [1.54, 1.807) is 0 Å². The zero-order chi connectivity index (χ0) is 14.8. The van der Waals surface area contributed by atoms with Gasteiger partial charge in [-0.1, -0.05) is 0 Å². The molecule has 2 heterocycles.